The van der Waals surface area contributed by atoms with Gasteiger partial charge in [-0.15, -0.1) is 0 Å². The quantitative estimate of drug-likeness (QED) is 0.715. The Morgan fingerprint density at radius 3 is 2.31 bits per heavy atom. The highest BCUT2D eigenvalue weighted by Crippen LogP contribution is 2.23. The van der Waals surface area contributed by atoms with Crippen LogP contribution in [-0.4, -0.2) is 42.7 Å². The van der Waals surface area contributed by atoms with Crippen LogP contribution in [0.5, 0.6) is 0 Å². The molecular weight excluding hydrogens is 223 g/mol. The fraction of sp³-hybridized carbons (Fsp3) is 1.00. The molecule has 98 valence electrons. The predicted molar refractivity (Wildman–Crippen MR) is 55.3 cm³/mol. The van der Waals surface area contributed by atoms with Crippen molar-refractivity contribution < 1.29 is 23.0 Å². The van der Waals surface area contributed by atoms with Crippen LogP contribution in [0.15, 0.2) is 0 Å². The molecule has 6 heteroatoms. The van der Waals surface area contributed by atoms with Crippen LogP contribution in [0.25, 0.3) is 0 Å². The van der Waals surface area contributed by atoms with E-state index in [1.54, 1.807) is 6.92 Å². The average molecular weight is 243 g/mol. The SMILES string of the molecule is CCCNC(C)(CO)COC(C)C(F)(F)F. The van der Waals surface area contributed by atoms with E-state index in [0.29, 0.717) is 6.54 Å². The maximum atomic E-state index is 12.2. The van der Waals surface area contributed by atoms with Crippen molar-refractivity contribution >= 4 is 0 Å². The summed E-state index contributed by atoms with van der Waals surface area (Å²) < 4.78 is 41.2. The molecule has 0 rings (SSSR count). The fourth-order valence-electron chi connectivity index (χ4n) is 0.983. The van der Waals surface area contributed by atoms with Crippen LogP contribution in [0.1, 0.15) is 27.2 Å². The minimum absolute atomic E-state index is 0.176. The Hall–Kier alpha value is -0.330. The highest BCUT2D eigenvalue weighted by atomic mass is 19.4. The minimum Gasteiger partial charge on any atom is -0.394 e. The lowest BCUT2D eigenvalue weighted by atomic mass is 10.1. The second-order valence-corrected chi connectivity index (χ2v) is 4.14. The highest BCUT2D eigenvalue weighted by Gasteiger charge is 2.38. The van der Waals surface area contributed by atoms with E-state index in [4.69, 9.17) is 9.84 Å². The van der Waals surface area contributed by atoms with Crippen LogP contribution >= 0.6 is 0 Å². The van der Waals surface area contributed by atoms with Crippen LogP contribution in [0.3, 0.4) is 0 Å². The zero-order valence-electron chi connectivity index (χ0n) is 9.90. The van der Waals surface area contributed by atoms with Crippen molar-refractivity contribution in [2.75, 3.05) is 19.8 Å². The number of ether oxygens (including phenoxy) is 1. The van der Waals surface area contributed by atoms with Gasteiger partial charge in [0.1, 0.15) is 0 Å². The Bertz CT molecular complexity index is 199. The third-order valence-corrected chi connectivity index (χ3v) is 2.26. The number of alkyl halides is 3. The molecular formula is C10H20F3NO2. The number of nitrogens with one attached hydrogen (secondary N) is 1. The van der Waals surface area contributed by atoms with Gasteiger partial charge in [-0.3, -0.25) is 0 Å². The summed E-state index contributed by atoms with van der Waals surface area (Å²) >= 11 is 0. The van der Waals surface area contributed by atoms with Gasteiger partial charge in [-0.1, -0.05) is 6.92 Å². The molecule has 0 spiro atoms. The zero-order valence-corrected chi connectivity index (χ0v) is 9.90. The van der Waals surface area contributed by atoms with E-state index in [0.717, 1.165) is 13.3 Å². The van der Waals surface area contributed by atoms with Crippen molar-refractivity contribution in [3.05, 3.63) is 0 Å². The lowest BCUT2D eigenvalue weighted by Crippen LogP contribution is -2.51. The third-order valence-electron chi connectivity index (χ3n) is 2.26. The molecule has 0 aliphatic heterocycles. The van der Waals surface area contributed by atoms with E-state index < -0.39 is 17.8 Å². The van der Waals surface area contributed by atoms with E-state index in [1.165, 1.54) is 0 Å². The monoisotopic (exact) mass is 243 g/mol. The average Bonchev–Trinajstić information content (AvgIpc) is 2.21. The van der Waals surface area contributed by atoms with Crippen LogP contribution in [0.2, 0.25) is 0 Å². The second kappa shape index (κ2) is 6.42. The lowest BCUT2D eigenvalue weighted by Gasteiger charge is -2.30. The summed E-state index contributed by atoms with van der Waals surface area (Å²) in [6, 6.07) is 0. The van der Waals surface area contributed by atoms with Gasteiger partial charge in [-0.25, -0.2) is 0 Å². The molecule has 0 aliphatic carbocycles. The Morgan fingerprint density at radius 2 is 1.94 bits per heavy atom. The molecule has 0 saturated carbocycles. The topological polar surface area (TPSA) is 41.5 Å². The highest BCUT2D eigenvalue weighted by molar-refractivity contribution is 4.82. The van der Waals surface area contributed by atoms with Crippen LogP contribution in [-0.2, 0) is 4.74 Å². The fourth-order valence-corrected chi connectivity index (χ4v) is 0.983. The largest absolute Gasteiger partial charge is 0.414 e. The first-order valence-corrected chi connectivity index (χ1v) is 5.29. The lowest BCUT2D eigenvalue weighted by molar-refractivity contribution is -0.219. The molecule has 0 heterocycles. The Morgan fingerprint density at radius 1 is 1.38 bits per heavy atom. The van der Waals surface area contributed by atoms with Crippen LogP contribution in [0, 0.1) is 0 Å². The van der Waals surface area contributed by atoms with Crippen molar-refractivity contribution in [2.45, 2.75) is 45.0 Å². The first-order chi connectivity index (χ1) is 7.25. The van der Waals surface area contributed by atoms with Crippen molar-refractivity contribution in [1.82, 2.24) is 5.32 Å². The molecule has 3 nitrogen and oxygen atoms in total. The standard InChI is InChI=1S/C10H20F3NO2/c1-4-5-14-9(3,6-15)7-16-8(2)10(11,12)13/h8,14-15H,4-7H2,1-3H3. The van der Waals surface area contributed by atoms with E-state index in [2.05, 4.69) is 5.32 Å². The van der Waals surface area contributed by atoms with Crippen LogP contribution < -0.4 is 5.32 Å². The first-order valence-electron chi connectivity index (χ1n) is 5.29. The number of hydrogen-bond donors (Lipinski definition) is 2. The summed E-state index contributed by atoms with van der Waals surface area (Å²) in [4.78, 5) is 0. The van der Waals surface area contributed by atoms with Gasteiger partial charge < -0.3 is 15.2 Å². The first kappa shape index (κ1) is 15.7. The molecule has 0 bridgehead atoms. The normalized spacial score (nSPS) is 18.2. The van der Waals surface area contributed by atoms with Gasteiger partial charge >= 0.3 is 6.18 Å². The van der Waals surface area contributed by atoms with Gasteiger partial charge in [-0.05, 0) is 26.8 Å². The maximum Gasteiger partial charge on any atom is 0.414 e. The molecule has 0 aliphatic rings. The summed E-state index contributed by atoms with van der Waals surface area (Å²) in [6.07, 6.45) is -5.34. The van der Waals surface area contributed by atoms with E-state index >= 15 is 0 Å². The van der Waals surface area contributed by atoms with Gasteiger partial charge in [0.05, 0.1) is 18.8 Å². The van der Waals surface area contributed by atoms with Gasteiger partial charge in [0.15, 0.2) is 6.10 Å². The Labute approximate surface area is 94.0 Å². The Balaban J connectivity index is 4.13. The number of halogens is 3. The number of aliphatic hydroxyl groups is 1. The Kier molecular flexibility index (Phi) is 6.28. The summed E-state index contributed by atoms with van der Waals surface area (Å²) in [5.41, 5.74) is -0.824. The van der Waals surface area contributed by atoms with Crippen molar-refractivity contribution in [1.29, 1.82) is 0 Å². The zero-order chi connectivity index (χ0) is 12.8. The van der Waals surface area contributed by atoms with E-state index in [9.17, 15) is 13.2 Å². The molecule has 2 atom stereocenters. The molecule has 0 aromatic carbocycles. The van der Waals surface area contributed by atoms with E-state index in [-0.39, 0.29) is 13.2 Å². The number of rotatable bonds is 7. The summed E-state index contributed by atoms with van der Waals surface area (Å²) in [6.45, 7) is 4.70. The maximum absolute atomic E-state index is 12.2. The van der Waals surface area contributed by atoms with E-state index in [1.807, 2.05) is 6.92 Å². The molecule has 16 heavy (non-hydrogen) atoms. The summed E-state index contributed by atoms with van der Waals surface area (Å²) in [5.74, 6) is 0. The molecule has 0 radical (unpaired) electrons. The predicted octanol–water partition coefficient (Wildman–Crippen LogP) is 1.70. The molecule has 0 saturated heterocycles. The molecule has 0 amide bonds. The van der Waals surface area contributed by atoms with Crippen molar-refractivity contribution in [3.63, 3.8) is 0 Å². The van der Waals surface area contributed by atoms with Gasteiger partial charge in [0, 0.05) is 0 Å². The van der Waals surface area contributed by atoms with Gasteiger partial charge in [0.25, 0.3) is 0 Å². The molecule has 0 fully saturated rings. The molecule has 2 unspecified atom stereocenters. The van der Waals surface area contributed by atoms with Crippen LogP contribution in [0.4, 0.5) is 13.2 Å². The second-order valence-electron chi connectivity index (χ2n) is 4.14. The summed E-state index contributed by atoms with van der Waals surface area (Å²) in [7, 11) is 0. The van der Waals surface area contributed by atoms with Crippen molar-refractivity contribution in [3.8, 4) is 0 Å². The number of aliphatic hydroxyl groups excluding tert-OH is 1. The van der Waals surface area contributed by atoms with Gasteiger partial charge in [0.2, 0.25) is 0 Å². The molecule has 0 aromatic heterocycles. The summed E-state index contributed by atoms with van der Waals surface area (Å²) in [5, 5.41) is 12.1. The minimum atomic E-state index is -4.36. The molecule has 2 N–H and O–H groups in total. The molecule has 0 aromatic rings. The van der Waals surface area contributed by atoms with Gasteiger partial charge in [-0.2, -0.15) is 13.2 Å². The number of hydrogen-bond acceptors (Lipinski definition) is 3. The smallest absolute Gasteiger partial charge is 0.394 e. The van der Waals surface area contributed by atoms with Crippen molar-refractivity contribution in [2.24, 2.45) is 0 Å². The third kappa shape index (κ3) is 5.67.